The quantitative estimate of drug-likeness (QED) is 0.780. The first-order chi connectivity index (χ1) is 8.33. The van der Waals surface area contributed by atoms with Gasteiger partial charge in [0, 0.05) is 6.54 Å². The van der Waals surface area contributed by atoms with Crippen molar-refractivity contribution in [3.05, 3.63) is 12.4 Å². The molecule has 1 aromatic rings. The Hall–Kier alpha value is -0.990. The molecule has 0 spiro atoms. The van der Waals surface area contributed by atoms with Gasteiger partial charge in [-0.25, -0.2) is 0 Å². The summed E-state index contributed by atoms with van der Waals surface area (Å²) >= 11 is 0. The minimum absolute atomic E-state index is 0.410. The highest BCUT2D eigenvalue weighted by atomic mass is 16.5. The summed E-state index contributed by atoms with van der Waals surface area (Å²) in [4.78, 5) is 0. The van der Waals surface area contributed by atoms with Crippen LogP contribution in [-0.4, -0.2) is 15.9 Å². The third-order valence-electron chi connectivity index (χ3n) is 3.71. The van der Waals surface area contributed by atoms with Crippen LogP contribution < -0.4 is 4.74 Å². The van der Waals surface area contributed by atoms with E-state index in [1.807, 2.05) is 17.1 Å². The van der Waals surface area contributed by atoms with Crippen LogP contribution in [0.25, 0.3) is 0 Å². The molecule has 2 rings (SSSR count). The number of ether oxygens (including phenoxy) is 1. The van der Waals surface area contributed by atoms with Gasteiger partial charge >= 0.3 is 0 Å². The third-order valence-corrected chi connectivity index (χ3v) is 3.71. The Labute approximate surface area is 104 Å². The second kappa shape index (κ2) is 6.08. The number of nitrogens with zero attached hydrogens (tertiary/aromatic N) is 2. The zero-order chi connectivity index (χ0) is 12.1. The minimum Gasteiger partial charge on any atom is -0.487 e. The molecular weight excluding hydrogens is 212 g/mol. The van der Waals surface area contributed by atoms with E-state index in [0.717, 1.165) is 24.6 Å². The van der Waals surface area contributed by atoms with Crippen LogP contribution >= 0.6 is 0 Å². The van der Waals surface area contributed by atoms with Crippen LogP contribution in [0.2, 0.25) is 0 Å². The highest BCUT2D eigenvalue weighted by Gasteiger charge is 2.25. The molecule has 2 atom stereocenters. The second-order valence-electron chi connectivity index (χ2n) is 5.05. The lowest BCUT2D eigenvalue weighted by Gasteiger charge is -2.30. The molecule has 0 aromatic carbocycles. The van der Waals surface area contributed by atoms with E-state index in [0.29, 0.717) is 6.10 Å². The first kappa shape index (κ1) is 12.5. The van der Waals surface area contributed by atoms with Crippen LogP contribution in [0.5, 0.6) is 5.75 Å². The summed E-state index contributed by atoms with van der Waals surface area (Å²) in [6.45, 7) is 5.41. The molecule has 2 unspecified atom stereocenters. The molecule has 17 heavy (non-hydrogen) atoms. The van der Waals surface area contributed by atoms with E-state index in [4.69, 9.17) is 4.74 Å². The fraction of sp³-hybridized carbons (Fsp3) is 0.786. The third kappa shape index (κ3) is 3.24. The second-order valence-corrected chi connectivity index (χ2v) is 5.05. The Morgan fingerprint density at radius 1 is 1.35 bits per heavy atom. The van der Waals surface area contributed by atoms with Crippen molar-refractivity contribution >= 4 is 0 Å². The van der Waals surface area contributed by atoms with E-state index in [2.05, 4.69) is 18.9 Å². The summed E-state index contributed by atoms with van der Waals surface area (Å²) in [6.07, 6.45) is 11.9. The largest absolute Gasteiger partial charge is 0.487 e. The molecule has 1 aliphatic rings. The highest BCUT2D eigenvalue weighted by molar-refractivity contribution is 5.12. The summed E-state index contributed by atoms with van der Waals surface area (Å²) in [6, 6.07) is 0. The predicted octanol–water partition coefficient (Wildman–Crippen LogP) is 3.64. The van der Waals surface area contributed by atoms with Crippen molar-refractivity contribution in [3.8, 4) is 5.75 Å². The molecule has 0 N–H and O–H groups in total. The van der Waals surface area contributed by atoms with Gasteiger partial charge in [0.15, 0.2) is 5.75 Å². The molecule has 0 amide bonds. The molecule has 3 heteroatoms. The standard InChI is InChI=1S/C14H24N2O/c1-3-9-16-11-13(10-15-16)17-14-8-6-5-7-12(14)4-2/h10-12,14H,3-9H2,1-2H3. The summed E-state index contributed by atoms with van der Waals surface area (Å²) in [5.74, 6) is 1.68. The first-order valence-electron chi connectivity index (χ1n) is 7.02. The topological polar surface area (TPSA) is 27.1 Å². The van der Waals surface area contributed by atoms with Gasteiger partial charge in [0.25, 0.3) is 0 Å². The van der Waals surface area contributed by atoms with Crippen molar-refractivity contribution in [2.75, 3.05) is 0 Å². The molecule has 0 radical (unpaired) electrons. The molecule has 1 saturated carbocycles. The lowest BCUT2D eigenvalue weighted by atomic mass is 9.85. The maximum Gasteiger partial charge on any atom is 0.157 e. The van der Waals surface area contributed by atoms with Gasteiger partial charge in [-0.15, -0.1) is 0 Å². The first-order valence-corrected chi connectivity index (χ1v) is 7.02. The van der Waals surface area contributed by atoms with E-state index < -0.39 is 0 Å². The fourth-order valence-corrected chi connectivity index (χ4v) is 2.73. The zero-order valence-electron chi connectivity index (χ0n) is 11.1. The van der Waals surface area contributed by atoms with Crippen molar-refractivity contribution in [1.29, 1.82) is 0 Å². The number of aryl methyl sites for hydroxylation is 1. The number of aromatic nitrogens is 2. The van der Waals surface area contributed by atoms with E-state index in [1.165, 1.54) is 32.1 Å². The average Bonchev–Trinajstić information content (AvgIpc) is 2.78. The SMILES string of the molecule is CCCn1cc(OC2CCCCC2CC)cn1. The van der Waals surface area contributed by atoms with Crippen molar-refractivity contribution < 1.29 is 4.74 Å². The Morgan fingerprint density at radius 2 is 2.18 bits per heavy atom. The maximum absolute atomic E-state index is 6.10. The van der Waals surface area contributed by atoms with Gasteiger partial charge in [-0.2, -0.15) is 5.10 Å². The van der Waals surface area contributed by atoms with E-state index >= 15 is 0 Å². The van der Waals surface area contributed by atoms with Gasteiger partial charge in [0.1, 0.15) is 6.10 Å². The van der Waals surface area contributed by atoms with Gasteiger partial charge in [0.05, 0.1) is 12.4 Å². The predicted molar refractivity (Wildman–Crippen MR) is 69.2 cm³/mol. The molecule has 1 fully saturated rings. The summed E-state index contributed by atoms with van der Waals surface area (Å²) in [7, 11) is 0. The molecule has 0 aliphatic heterocycles. The Kier molecular flexibility index (Phi) is 4.46. The van der Waals surface area contributed by atoms with Gasteiger partial charge in [-0.3, -0.25) is 4.68 Å². The average molecular weight is 236 g/mol. The smallest absolute Gasteiger partial charge is 0.157 e. The van der Waals surface area contributed by atoms with Gasteiger partial charge in [-0.1, -0.05) is 20.3 Å². The summed E-state index contributed by atoms with van der Waals surface area (Å²) < 4.78 is 8.07. The molecule has 1 aromatic heterocycles. The van der Waals surface area contributed by atoms with E-state index in [1.54, 1.807) is 0 Å². The normalized spacial score (nSPS) is 24.8. The summed E-state index contributed by atoms with van der Waals surface area (Å²) in [5, 5.41) is 4.31. The van der Waals surface area contributed by atoms with Crippen molar-refractivity contribution in [1.82, 2.24) is 9.78 Å². The van der Waals surface area contributed by atoms with Crippen molar-refractivity contribution in [3.63, 3.8) is 0 Å². The zero-order valence-corrected chi connectivity index (χ0v) is 11.1. The molecule has 3 nitrogen and oxygen atoms in total. The minimum atomic E-state index is 0.410. The molecule has 96 valence electrons. The van der Waals surface area contributed by atoms with Gasteiger partial charge < -0.3 is 4.74 Å². The van der Waals surface area contributed by atoms with Crippen molar-refractivity contribution in [2.24, 2.45) is 5.92 Å². The Bertz CT molecular complexity index is 335. The molecule has 1 aliphatic carbocycles. The number of rotatable bonds is 5. The molecule has 0 bridgehead atoms. The molecular formula is C14H24N2O. The van der Waals surface area contributed by atoms with Crippen LogP contribution in [0.4, 0.5) is 0 Å². The fourth-order valence-electron chi connectivity index (χ4n) is 2.73. The van der Waals surface area contributed by atoms with Crippen LogP contribution in [0.3, 0.4) is 0 Å². The van der Waals surface area contributed by atoms with Gasteiger partial charge in [0.2, 0.25) is 0 Å². The van der Waals surface area contributed by atoms with E-state index in [-0.39, 0.29) is 0 Å². The maximum atomic E-state index is 6.10. The van der Waals surface area contributed by atoms with Crippen LogP contribution in [0.15, 0.2) is 12.4 Å². The van der Waals surface area contributed by atoms with Gasteiger partial charge in [-0.05, 0) is 38.0 Å². The Morgan fingerprint density at radius 3 is 2.94 bits per heavy atom. The lowest BCUT2D eigenvalue weighted by Crippen LogP contribution is -2.29. The Balaban J connectivity index is 1.93. The number of hydrogen-bond acceptors (Lipinski definition) is 2. The lowest BCUT2D eigenvalue weighted by molar-refractivity contribution is 0.0903. The number of hydrogen-bond donors (Lipinski definition) is 0. The highest BCUT2D eigenvalue weighted by Crippen LogP contribution is 2.30. The van der Waals surface area contributed by atoms with Crippen LogP contribution in [-0.2, 0) is 6.54 Å². The molecule has 0 saturated heterocycles. The van der Waals surface area contributed by atoms with Crippen molar-refractivity contribution in [2.45, 2.75) is 65.0 Å². The van der Waals surface area contributed by atoms with Crippen LogP contribution in [0, 0.1) is 5.92 Å². The van der Waals surface area contributed by atoms with Crippen LogP contribution in [0.1, 0.15) is 52.4 Å². The van der Waals surface area contributed by atoms with E-state index in [9.17, 15) is 0 Å². The summed E-state index contributed by atoms with van der Waals surface area (Å²) in [5.41, 5.74) is 0. The monoisotopic (exact) mass is 236 g/mol. The molecule has 1 heterocycles.